The lowest BCUT2D eigenvalue weighted by atomic mass is 10.2. The van der Waals surface area contributed by atoms with Gasteiger partial charge in [0, 0.05) is 5.92 Å². The van der Waals surface area contributed by atoms with Gasteiger partial charge in [-0.05, 0) is 42.5 Å². The second-order valence-electron chi connectivity index (χ2n) is 6.94. The lowest BCUT2D eigenvalue weighted by Gasteiger charge is -2.11. The molecule has 2 aromatic carbocycles. The molecular weight excluding hydrogens is 384 g/mol. The first-order chi connectivity index (χ1) is 14.0. The minimum absolute atomic E-state index is 0.229. The molecule has 0 saturated heterocycles. The first-order valence-corrected chi connectivity index (χ1v) is 10.6. The summed E-state index contributed by atoms with van der Waals surface area (Å²) in [5.74, 6) is 2.42. The fourth-order valence-corrected chi connectivity index (χ4v) is 3.16. The Morgan fingerprint density at radius 2 is 1.86 bits per heavy atom. The molecular formula is C22H26N4O2S. The Hall–Kier alpha value is -2.80. The number of nitrogens with zero attached hydrogens (tertiary/aromatic N) is 4. The van der Waals surface area contributed by atoms with Crippen LogP contribution >= 0.6 is 11.8 Å². The number of methoxy groups -OCH3 is 1. The average molecular weight is 411 g/mol. The fraction of sp³-hybridized carbons (Fsp3) is 0.318. The molecule has 0 amide bonds. The van der Waals surface area contributed by atoms with Gasteiger partial charge in [-0.3, -0.25) is 0 Å². The molecule has 0 unspecified atom stereocenters. The predicted molar refractivity (Wildman–Crippen MR) is 117 cm³/mol. The summed E-state index contributed by atoms with van der Waals surface area (Å²) in [7, 11) is 1.64. The van der Waals surface area contributed by atoms with Crippen LogP contribution in [-0.4, -0.2) is 34.5 Å². The molecule has 6 nitrogen and oxygen atoms in total. The summed E-state index contributed by atoms with van der Waals surface area (Å²) < 4.78 is 13.2. The van der Waals surface area contributed by atoms with Crippen molar-refractivity contribution in [2.75, 3.05) is 13.4 Å². The van der Waals surface area contributed by atoms with Crippen molar-refractivity contribution >= 4 is 18.0 Å². The fourth-order valence-electron chi connectivity index (χ4n) is 2.73. The molecule has 29 heavy (non-hydrogen) atoms. The van der Waals surface area contributed by atoms with Crippen molar-refractivity contribution in [3.05, 3.63) is 65.0 Å². The van der Waals surface area contributed by atoms with Gasteiger partial charge in [0.1, 0.15) is 6.61 Å². The number of ether oxygens (including phenoxy) is 2. The average Bonchev–Trinajstić information content (AvgIpc) is 3.15. The van der Waals surface area contributed by atoms with E-state index in [2.05, 4.69) is 60.3 Å². The third kappa shape index (κ3) is 5.17. The summed E-state index contributed by atoms with van der Waals surface area (Å²) in [5, 5.41) is 13.8. The van der Waals surface area contributed by atoms with Crippen LogP contribution in [-0.2, 0) is 6.61 Å². The molecule has 0 aliphatic rings. The first kappa shape index (κ1) is 20.9. The normalized spacial score (nSPS) is 11.4. The van der Waals surface area contributed by atoms with Gasteiger partial charge in [-0.1, -0.05) is 55.4 Å². The van der Waals surface area contributed by atoms with Gasteiger partial charge in [-0.15, -0.1) is 10.2 Å². The maximum absolute atomic E-state index is 5.95. The van der Waals surface area contributed by atoms with Crippen molar-refractivity contribution in [1.29, 1.82) is 0 Å². The molecule has 0 saturated carbocycles. The SMILES string of the molecule is COc1cc(/C=N\n2c(SC)nnc2C(C)C)ccc1OCc1ccc(C)cc1. The minimum Gasteiger partial charge on any atom is -0.493 e. The minimum atomic E-state index is 0.229. The zero-order chi connectivity index (χ0) is 20.8. The lowest BCUT2D eigenvalue weighted by molar-refractivity contribution is 0.284. The van der Waals surface area contributed by atoms with E-state index in [0.717, 1.165) is 22.1 Å². The molecule has 0 N–H and O–H groups in total. The van der Waals surface area contributed by atoms with Crippen molar-refractivity contribution < 1.29 is 9.47 Å². The highest BCUT2D eigenvalue weighted by Crippen LogP contribution is 2.28. The second-order valence-corrected chi connectivity index (χ2v) is 7.71. The number of thioether (sulfide) groups is 1. The lowest BCUT2D eigenvalue weighted by Crippen LogP contribution is -2.02. The van der Waals surface area contributed by atoms with Crippen LogP contribution in [0.25, 0.3) is 0 Å². The van der Waals surface area contributed by atoms with Crippen molar-refractivity contribution in [2.45, 2.75) is 38.5 Å². The van der Waals surface area contributed by atoms with Crippen LogP contribution in [0.5, 0.6) is 11.5 Å². The Morgan fingerprint density at radius 1 is 1.10 bits per heavy atom. The van der Waals surface area contributed by atoms with Gasteiger partial charge in [-0.25, -0.2) is 0 Å². The summed E-state index contributed by atoms with van der Waals surface area (Å²) >= 11 is 1.52. The Morgan fingerprint density at radius 3 is 2.52 bits per heavy atom. The van der Waals surface area contributed by atoms with Crippen LogP contribution in [0.1, 0.15) is 42.3 Å². The van der Waals surface area contributed by atoms with Gasteiger partial charge in [0.25, 0.3) is 0 Å². The van der Waals surface area contributed by atoms with E-state index in [0.29, 0.717) is 18.1 Å². The molecule has 0 fully saturated rings. The van der Waals surface area contributed by atoms with Gasteiger partial charge >= 0.3 is 0 Å². The molecule has 0 radical (unpaired) electrons. The molecule has 0 spiro atoms. The Kier molecular flexibility index (Phi) is 6.93. The van der Waals surface area contributed by atoms with Crippen LogP contribution in [0.3, 0.4) is 0 Å². The Labute approximate surface area is 176 Å². The van der Waals surface area contributed by atoms with Gasteiger partial charge in [0.2, 0.25) is 5.16 Å². The predicted octanol–water partition coefficient (Wildman–Crippen LogP) is 4.90. The third-order valence-electron chi connectivity index (χ3n) is 4.36. The van der Waals surface area contributed by atoms with Crippen LogP contribution < -0.4 is 9.47 Å². The number of aromatic nitrogens is 3. The van der Waals surface area contributed by atoms with E-state index < -0.39 is 0 Å². The maximum atomic E-state index is 5.95. The highest BCUT2D eigenvalue weighted by molar-refractivity contribution is 7.98. The zero-order valence-corrected chi connectivity index (χ0v) is 18.2. The first-order valence-electron chi connectivity index (χ1n) is 9.42. The van der Waals surface area contributed by atoms with E-state index in [1.165, 1.54) is 17.3 Å². The molecule has 3 rings (SSSR count). The monoisotopic (exact) mass is 410 g/mol. The van der Waals surface area contributed by atoms with Crippen LogP contribution in [0.15, 0.2) is 52.7 Å². The summed E-state index contributed by atoms with van der Waals surface area (Å²) in [6, 6.07) is 14.1. The number of hydrogen-bond acceptors (Lipinski definition) is 6. The van der Waals surface area contributed by atoms with Gasteiger partial charge in [0.05, 0.1) is 13.3 Å². The summed E-state index contributed by atoms with van der Waals surface area (Å²) in [6.45, 7) is 6.70. The smallest absolute Gasteiger partial charge is 0.211 e. The van der Waals surface area contributed by atoms with Crippen LogP contribution in [0.4, 0.5) is 0 Å². The Balaban J connectivity index is 1.77. The van der Waals surface area contributed by atoms with E-state index in [-0.39, 0.29) is 5.92 Å². The summed E-state index contributed by atoms with van der Waals surface area (Å²) in [5.41, 5.74) is 3.25. The van der Waals surface area contributed by atoms with E-state index in [1.807, 2.05) is 24.5 Å². The van der Waals surface area contributed by atoms with Crippen molar-refractivity contribution in [2.24, 2.45) is 5.10 Å². The summed E-state index contributed by atoms with van der Waals surface area (Å²) in [4.78, 5) is 0. The second kappa shape index (κ2) is 9.60. The Bertz CT molecular complexity index is 981. The third-order valence-corrected chi connectivity index (χ3v) is 4.98. The molecule has 1 aromatic heterocycles. The summed E-state index contributed by atoms with van der Waals surface area (Å²) in [6.07, 6.45) is 3.74. The van der Waals surface area contributed by atoms with Crippen molar-refractivity contribution in [3.8, 4) is 11.5 Å². The molecule has 152 valence electrons. The molecule has 0 aliphatic carbocycles. The highest BCUT2D eigenvalue weighted by Gasteiger charge is 2.13. The standard InChI is InChI=1S/C22H26N4O2S/c1-15(2)21-24-25-22(29-5)26(21)23-13-18-10-11-19(20(12-18)27-4)28-14-17-8-6-16(3)7-9-17/h6-13,15H,14H2,1-5H3/b23-13-. The quantitative estimate of drug-likeness (QED) is 0.390. The van der Waals surface area contributed by atoms with E-state index in [4.69, 9.17) is 9.47 Å². The highest BCUT2D eigenvalue weighted by atomic mass is 32.2. The molecule has 7 heteroatoms. The molecule has 3 aromatic rings. The van der Waals surface area contributed by atoms with Crippen molar-refractivity contribution in [1.82, 2.24) is 14.9 Å². The number of aryl methyl sites for hydroxylation is 1. The van der Waals surface area contributed by atoms with E-state index in [9.17, 15) is 0 Å². The van der Waals surface area contributed by atoms with Gasteiger partial charge in [-0.2, -0.15) is 9.78 Å². The number of rotatable bonds is 8. The van der Waals surface area contributed by atoms with Gasteiger partial charge < -0.3 is 9.47 Å². The van der Waals surface area contributed by atoms with Crippen LogP contribution in [0.2, 0.25) is 0 Å². The molecule has 0 bridgehead atoms. The molecule has 0 atom stereocenters. The number of benzene rings is 2. The molecule has 1 heterocycles. The molecule has 0 aliphatic heterocycles. The maximum Gasteiger partial charge on any atom is 0.211 e. The topological polar surface area (TPSA) is 61.5 Å². The van der Waals surface area contributed by atoms with Crippen LogP contribution in [0, 0.1) is 6.92 Å². The van der Waals surface area contributed by atoms with E-state index >= 15 is 0 Å². The van der Waals surface area contributed by atoms with Crippen molar-refractivity contribution in [3.63, 3.8) is 0 Å². The largest absolute Gasteiger partial charge is 0.493 e. The zero-order valence-electron chi connectivity index (χ0n) is 17.4. The van der Waals surface area contributed by atoms with E-state index in [1.54, 1.807) is 18.0 Å². The number of hydrogen-bond donors (Lipinski definition) is 0. The van der Waals surface area contributed by atoms with Gasteiger partial charge in [0.15, 0.2) is 17.3 Å².